The van der Waals surface area contributed by atoms with E-state index in [1.807, 2.05) is 6.92 Å². The topological polar surface area (TPSA) is 38.8 Å². The van der Waals surface area contributed by atoms with E-state index in [1.54, 1.807) is 12.0 Å². The van der Waals surface area contributed by atoms with Crippen LogP contribution in [0.2, 0.25) is 0 Å². The zero-order valence-electron chi connectivity index (χ0n) is 8.28. The molecule has 0 unspecified atom stereocenters. The van der Waals surface area contributed by atoms with E-state index in [1.165, 1.54) is 0 Å². The molecule has 0 N–H and O–H groups in total. The molecule has 0 aromatic carbocycles. The lowest BCUT2D eigenvalue weighted by molar-refractivity contribution is 0.0881. The molecule has 1 aliphatic carbocycles. The fourth-order valence-electron chi connectivity index (χ4n) is 1.21. The number of methoxy groups -OCH3 is 1. The molecule has 1 rings (SSSR count). The van der Waals surface area contributed by atoms with Gasteiger partial charge in [0.25, 0.3) is 0 Å². The van der Waals surface area contributed by atoms with Gasteiger partial charge in [-0.3, -0.25) is 0 Å². The van der Waals surface area contributed by atoms with Crippen LogP contribution in [0.25, 0.3) is 0 Å². The Bertz CT molecular complexity index is 168. The van der Waals surface area contributed by atoms with E-state index in [0.717, 1.165) is 12.8 Å². The minimum absolute atomic E-state index is 0.206. The smallest absolute Gasteiger partial charge is 0.410 e. The Morgan fingerprint density at radius 1 is 1.54 bits per heavy atom. The van der Waals surface area contributed by atoms with Crippen molar-refractivity contribution >= 4 is 6.09 Å². The Balaban J connectivity index is 2.32. The average Bonchev–Trinajstić information content (AvgIpc) is 2.89. The van der Waals surface area contributed by atoms with Gasteiger partial charge in [-0.15, -0.1) is 0 Å². The normalized spacial score (nSPS) is 15.5. The fourth-order valence-corrected chi connectivity index (χ4v) is 1.21. The SMILES string of the molecule is CCOC(=O)N(CCOC)C1CC1. The zero-order chi connectivity index (χ0) is 9.68. The summed E-state index contributed by atoms with van der Waals surface area (Å²) in [6.07, 6.45) is 1.99. The first-order valence-corrected chi connectivity index (χ1v) is 4.72. The van der Waals surface area contributed by atoms with E-state index in [2.05, 4.69) is 0 Å². The van der Waals surface area contributed by atoms with Gasteiger partial charge in [0.05, 0.1) is 13.2 Å². The highest BCUT2D eigenvalue weighted by Crippen LogP contribution is 2.26. The molecule has 1 fully saturated rings. The number of hydrogen-bond donors (Lipinski definition) is 0. The number of hydrogen-bond acceptors (Lipinski definition) is 3. The van der Waals surface area contributed by atoms with E-state index in [9.17, 15) is 4.79 Å². The predicted octanol–water partition coefficient (Wildman–Crippen LogP) is 1.25. The van der Waals surface area contributed by atoms with Crippen molar-refractivity contribution < 1.29 is 14.3 Å². The van der Waals surface area contributed by atoms with Gasteiger partial charge in [-0.1, -0.05) is 0 Å². The molecular weight excluding hydrogens is 170 g/mol. The van der Waals surface area contributed by atoms with Crippen molar-refractivity contribution in [1.29, 1.82) is 0 Å². The van der Waals surface area contributed by atoms with Gasteiger partial charge in [-0.25, -0.2) is 4.79 Å². The highest BCUT2D eigenvalue weighted by molar-refractivity contribution is 5.68. The van der Waals surface area contributed by atoms with Crippen LogP contribution < -0.4 is 0 Å². The molecule has 4 heteroatoms. The molecule has 1 amide bonds. The van der Waals surface area contributed by atoms with E-state index >= 15 is 0 Å². The minimum Gasteiger partial charge on any atom is -0.450 e. The van der Waals surface area contributed by atoms with E-state index in [-0.39, 0.29) is 6.09 Å². The third-order valence-electron chi connectivity index (χ3n) is 2.03. The van der Waals surface area contributed by atoms with Crippen LogP contribution >= 0.6 is 0 Å². The van der Waals surface area contributed by atoms with Crippen LogP contribution in [0.1, 0.15) is 19.8 Å². The Hall–Kier alpha value is -0.770. The average molecular weight is 187 g/mol. The summed E-state index contributed by atoms with van der Waals surface area (Å²) in [7, 11) is 1.64. The molecule has 0 aromatic rings. The molecule has 1 aliphatic rings. The molecule has 76 valence electrons. The Kier molecular flexibility index (Phi) is 4.02. The van der Waals surface area contributed by atoms with E-state index < -0.39 is 0 Å². The van der Waals surface area contributed by atoms with Crippen molar-refractivity contribution in [2.24, 2.45) is 0 Å². The number of amides is 1. The monoisotopic (exact) mass is 187 g/mol. The number of carbonyl (C=O) groups is 1. The Morgan fingerprint density at radius 3 is 2.69 bits per heavy atom. The molecule has 4 nitrogen and oxygen atoms in total. The number of ether oxygens (including phenoxy) is 2. The van der Waals surface area contributed by atoms with Crippen LogP contribution in [0.3, 0.4) is 0 Å². The number of carbonyl (C=O) groups excluding carboxylic acids is 1. The molecule has 1 saturated carbocycles. The molecular formula is C9H17NO3. The lowest BCUT2D eigenvalue weighted by Crippen LogP contribution is -2.36. The summed E-state index contributed by atoms with van der Waals surface area (Å²) in [5.74, 6) is 0. The van der Waals surface area contributed by atoms with Crippen LogP contribution in [-0.2, 0) is 9.47 Å². The Labute approximate surface area is 78.8 Å². The third-order valence-corrected chi connectivity index (χ3v) is 2.03. The van der Waals surface area contributed by atoms with Crippen molar-refractivity contribution in [2.45, 2.75) is 25.8 Å². The fraction of sp³-hybridized carbons (Fsp3) is 0.889. The van der Waals surface area contributed by atoms with Crippen LogP contribution in [0.5, 0.6) is 0 Å². The van der Waals surface area contributed by atoms with Gasteiger partial charge < -0.3 is 14.4 Å². The van der Waals surface area contributed by atoms with Gasteiger partial charge in [0, 0.05) is 19.7 Å². The van der Waals surface area contributed by atoms with Crippen LogP contribution in [-0.4, -0.2) is 43.9 Å². The van der Waals surface area contributed by atoms with Crippen LogP contribution in [0.4, 0.5) is 4.79 Å². The molecule has 0 aromatic heterocycles. The second-order valence-corrected chi connectivity index (χ2v) is 3.12. The summed E-state index contributed by atoms with van der Waals surface area (Å²) in [4.78, 5) is 13.1. The van der Waals surface area contributed by atoms with Gasteiger partial charge in [-0.2, -0.15) is 0 Å². The van der Waals surface area contributed by atoms with Gasteiger partial charge in [-0.05, 0) is 19.8 Å². The van der Waals surface area contributed by atoms with Crippen molar-refractivity contribution in [3.8, 4) is 0 Å². The highest BCUT2D eigenvalue weighted by Gasteiger charge is 2.32. The number of nitrogens with zero attached hydrogens (tertiary/aromatic N) is 1. The summed E-state index contributed by atoms with van der Waals surface area (Å²) in [6, 6.07) is 0.397. The first-order chi connectivity index (χ1) is 6.29. The van der Waals surface area contributed by atoms with E-state index in [0.29, 0.717) is 25.8 Å². The highest BCUT2D eigenvalue weighted by atomic mass is 16.6. The minimum atomic E-state index is -0.206. The molecule has 0 saturated heterocycles. The molecule has 0 spiro atoms. The molecule has 0 aliphatic heterocycles. The largest absolute Gasteiger partial charge is 0.450 e. The second kappa shape index (κ2) is 5.07. The molecule has 0 bridgehead atoms. The third kappa shape index (κ3) is 3.22. The summed E-state index contributed by atoms with van der Waals surface area (Å²) in [5, 5.41) is 0. The summed E-state index contributed by atoms with van der Waals surface area (Å²) in [6.45, 7) is 3.48. The Morgan fingerprint density at radius 2 is 2.23 bits per heavy atom. The molecule has 13 heavy (non-hydrogen) atoms. The van der Waals surface area contributed by atoms with Crippen LogP contribution in [0, 0.1) is 0 Å². The first kappa shape index (κ1) is 10.3. The predicted molar refractivity (Wildman–Crippen MR) is 48.6 cm³/mol. The quantitative estimate of drug-likeness (QED) is 0.650. The summed E-state index contributed by atoms with van der Waals surface area (Å²) < 4.78 is 9.86. The van der Waals surface area contributed by atoms with Crippen LogP contribution in [0.15, 0.2) is 0 Å². The van der Waals surface area contributed by atoms with Gasteiger partial charge in [0.2, 0.25) is 0 Å². The molecule has 0 radical (unpaired) electrons. The second-order valence-electron chi connectivity index (χ2n) is 3.12. The first-order valence-electron chi connectivity index (χ1n) is 4.72. The maximum absolute atomic E-state index is 11.4. The summed E-state index contributed by atoms with van der Waals surface area (Å²) >= 11 is 0. The maximum Gasteiger partial charge on any atom is 0.410 e. The van der Waals surface area contributed by atoms with Crippen molar-refractivity contribution in [2.75, 3.05) is 26.9 Å². The van der Waals surface area contributed by atoms with Gasteiger partial charge >= 0.3 is 6.09 Å². The van der Waals surface area contributed by atoms with Crippen molar-refractivity contribution in [1.82, 2.24) is 4.90 Å². The van der Waals surface area contributed by atoms with Crippen molar-refractivity contribution in [3.05, 3.63) is 0 Å². The number of rotatable bonds is 5. The lowest BCUT2D eigenvalue weighted by atomic mass is 10.5. The van der Waals surface area contributed by atoms with Crippen molar-refractivity contribution in [3.63, 3.8) is 0 Å². The molecule has 0 atom stereocenters. The maximum atomic E-state index is 11.4. The lowest BCUT2D eigenvalue weighted by Gasteiger charge is -2.20. The molecule has 0 heterocycles. The standard InChI is InChI=1S/C9H17NO3/c1-3-13-9(11)10(6-7-12-2)8-4-5-8/h8H,3-7H2,1-2H3. The van der Waals surface area contributed by atoms with E-state index in [4.69, 9.17) is 9.47 Å². The van der Waals surface area contributed by atoms with Gasteiger partial charge in [0.15, 0.2) is 0 Å². The van der Waals surface area contributed by atoms with Gasteiger partial charge in [0.1, 0.15) is 0 Å². The zero-order valence-corrected chi connectivity index (χ0v) is 8.28. The summed E-state index contributed by atoms with van der Waals surface area (Å²) in [5.41, 5.74) is 0.